The van der Waals surface area contributed by atoms with Gasteiger partial charge in [0.1, 0.15) is 11.8 Å². The second-order valence-electron chi connectivity index (χ2n) is 4.19. The molecule has 1 aromatic rings. The Morgan fingerprint density at radius 1 is 1.53 bits per heavy atom. The fourth-order valence-corrected chi connectivity index (χ4v) is 1.78. The number of carboxylic acid groups (broad SMARTS) is 1. The molecule has 19 heavy (non-hydrogen) atoms. The van der Waals surface area contributed by atoms with E-state index in [4.69, 9.17) is 9.52 Å². The Kier molecular flexibility index (Phi) is 5.82. The topological polar surface area (TPSA) is 79.5 Å². The van der Waals surface area contributed by atoms with Crippen molar-refractivity contribution in [1.29, 1.82) is 0 Å². The van der Waals surface area contributed by atoms with Crippen LogP contribution in [0.15, 0.2) is 27.3 Å². The van der Waals surface area contributed by atoms with E-state index in [1.807, 2.05) is 6.92 Å². The lowest BCUT2D eigenvalue weighted by Gasteiger charge is -2.19. The van der Waals surface area contributed by atoms with Crippen LogP contribution in [-0.2, 0) is 9.59 Å². The summed E-state index contributed by atoms with van der Waals surface area (Å²) in [6.45, 7) is 3.66. The van der Waals surface area contributed by atoms with Crippen LogP contribution in [0.4, 0.5) is 0 Å². The number of aliphatic carboxylic acids is 1. The fourth-order valence-electron chi connectivity index (χ4n) is 1.46. The highest BCUT2D eigenvalue weighted by molar-refractivity contribution is 9.10. The van der Waals surface area contributed by atoms with Gasteiger partial charge in [-0.1, -0.05) is 20.3 Å². The van der Waals surface area contributed by atoms with Crippen molar-refractivity contribution in [3.8, 4) is 0 Å². The Labute approximate surface area is 119 Å². The molecule has 0 spiro atoms. The number of furan rings is 1. The Hall–Kier alpha value is -1.56. The van der Waals surface area contributed by atoms with Crippen molar-refractivity contribution in [2.45, 2.75) is 26.3 Å². The van der Waals surface area contributed by atoms with Gasteiger partial charge in [0, 0.05) is 6.08 Å². The standard InChI is InChI=1S/C13H16BrNO4/c1-3-8(2)12(13(17)18)15-11(16)7-5-9-4-6-10(14)19-9/h4-8,12H,3H2,1-2H3,(H,15,16)(H,17,18)/b7-5+/t8?,12-/m0/s1. The van der Waals surface area contributed by atoms with Gasteiger partial charge in [0.2, 0.25) is 5.91 Å². The molecular formula is C13H16BrNO4. The highest BCUT2D eigenvalue weighted by atomic mass is 79.9. The molecule has 1 heterocycles. The summed E-state index contributed by atoms with van der Waals surface area (Å²) in [4.78, 5) is 22.7. The van der Waals surface area contributed by atoms with Crippen LogP contribution >= 0.6 is 15.9 Å². The van der Waals surface area contributed by atoms with E-state index in [0.717, 1.165) is 0 Å². The molecule has 104 valence electrons. The molecule has 1 aromatic heterocycles. The zero-order valence-corrected chi connectivity index (χ0v) is 12.3. The second-order valence-corrected chi connectivity index (χ2v) is 4.97. The number of hydrogen-bond acceptors (Lipinski definition) is 3. The van der Waals surface area contributed by atoms with E-state index in [-0.39, 0.29) is 5.92 Å². The zero-order valence-electron chi connectivity index (χ0n) is 10.7. The summed E-state index contributed by atoms with van der Waals surface area (Å²) < 4.78 is 5.75. The molecule has 2 atom stereocenters. The normalized spacial score (nSPS) is 14.3. The molecule has 2 N–H and O–H groups in total. The average molecular weight is 330 g/mol. The smallest absolute Gasteiger partial charge is 0.326 e. The predicted molar refractivity (Wildman–Crippen MR) is 74.5 cm³/mol. The fraction of sp³-hybridized carbons (Fsp3) is 0.385. The van der Waals surface area contributed by atoms with Crippen molar-refractivity contribution >= 4 is 33.9 Å². The Morgan fingerprint density at radius 2 is 2.21 bits per heavy atom. The van der Waals surface area contributed by atoms with E-state index in [2.05, 4.69) is 21.2 Å². The van der Waals surface area contributed by atoms with Gasteiger partial charge in [-0.2, -0.15) is 0 Å². The number of halogens is 1. The summed E-state index contributed by atoms with van der Waals surface area (Å²) >= 11 is 3.15. The van der Waals surface area contributed by atoms with Crippen molar-refractivity contribution in [2.75, 3.05) is 0 Å². The molecule has 0 aliphatic heterocycles. The number of nitrogens with one attached hydrogen (secondary N) is 1. The Morgan fingerprint density at radius 3 is 2.68 bits per heavy atom. The van der Waals surface area contributed by atoms with Gasteiger partial charge >= 0.3 is 5.97 Å². The van der Waals surface area contributed by atoms with Gasteiger partial charge in [-0.05, 0) is 40.1 Å². The highest BCUT2D eigenvalue weighted by Gasteiger charge is 2.24. The molecule has 1 amide bonds. The van der Waals surface area contributed by atoms with Crippen LogP contribution < -0.4 is 5.32 Å². The lowest BCUT2D eigenvalue weighted by molar-refractivity contribution is -0.142. The quantitative estimate of drug-likeness (QED) is 0.786. The lowest BCUT2D eigenvalue weighted by Crippen LogP contribution is -2.44. The van der Waals surface area contributed by atoms with Crippen LogP contribution in [0.1, 0.15) is 26.0 Å². The van der Waals surface area contributed by atoms with Crippen LogP contribution in [0.25, 0.3) is 6.08 Å². The van der Waals surface area contributed by atoms with Crippen LogP contribution in [0, 0.1) is 5.92 Å². The van der Waals surface area contributed by atoms with E-state index in [9.17, 15) is 9.59 Å². The zero-order chi connectivity index (χ0) is 14.4. The van der Waals surface area contributed by atoms with E-state index >= 15 is 0 Å². The monoisotopic (exact) mass is 329 g/mol. The van der Waals surface area contributed by atoms with E-state index < -0.39 is 17.9 Å². The number of carboxylic acids is 1. The summed E-state index contributed by atoms with van der Waals surface area (Å²) in [7, 11) is 0. The molecule has 5 nitrogen and oxygen atoms in total. The molecule has 0 bridgehead atoms. The van der Waals surface area contributed by atoms with Crippen molar-refractivity contribution < 1.29 is 19.1 Å². The maximum absolute atomic E-state index is 11.6. The third kappa shape index (κ3) is 4.90. The van der Waals surface area contributed by atoms with Gasteiger partial charge in [0.05, 0.1) is 0 Å². The first kappa shape index (κ1) is 15.5. The third-order valence-electron chi connectivity index (χ3n) is 2.77. The molecule has 0 radical (unpaired) electrons. The summed E-state index contributed by atoms with van der Waals surface area (Å²) in [6.07, 6.45) is 3.41. The third-order valence-corrected chi connectivity index (χ3v) is 3.20. The van der Waals surface area contributed by atoms with Gasteiger partial charge in [-0.3, -0.25) is 4.79 Å². The first-order valence-corrected chi connectivity index (χ1v) is 6.70. The van der Waals surface area contributed by atoms with Crippen LogP contribution in [0.5, 0.6) is 0 Å². The van der Waals surface area contributed by atoms with Crippen LogP contribution in [-0.4, -0.2) is 23.0 Å². The molecule has 0 saturated heterocycles. The molecule has 6 heteroatoms. The van der Waals surface area contributed by atoms with Crippen molar-refractivity contribution in [3.63, 3.8) is 0 Å². The predicted octanol–water partition coefficient (Wildman–Crippen LogP) is 2.67. The number of amides is 1. The number of hydrogen-bond donors (Lipinski definition) is 2. The van der Waals surface area contributed by atoms with Gasteiger partial charge in [0.25, 0.3) is 0 Å². The maximum Gasteiger partial charge on any atom is 0.326 e. The van der Waals surface area contributed by atoms with E-state index in [1.54, 1.807) is 19.1 Å². The van der Waals surface area contributed by atoms with E-state index in [1.165, 1.54) is 12.2 Å². The number of rotatable bonds is 6. The minimum atomic E-state index is -1.03. The second kappa shape index (κ2) is 7.13. The van der Waals surface area contributed by atoms with Gasteiger partial charge in [-0.25, -0.2) is 4.79 Å². The largest absolute Gasteiger partial charge is 0.480 e. The first-order chi connectivity index (χ1) is 8.93. The first-order valence-electron chi connectivity index (χ1n) is 5.90. The molecule has 1 unspecified atom stereocenters. The van der Waals surface area contributed by atoms with Gasteiger partial charge in [0.15, 0.2) is 4.67 Å². The molecule has 0 fully saturated rings. The van der Waals surface area contributed by atoms with Crippen molar-refractivity contribution in [2.24, 2.45) is 5.92 Å². The molecule has 0 aromatic carbocycles. The maximum atomic E-state index is 11.6. The molecule has 0 saturated carbocycles. The van der Waals surface area contributed by atoms with Crippen molar-refractivity contribution in [3.05, 3.63) is 28.6 Å². The van der Waals surface area contributed by atoms with Gasteiger partial charge < -0.3 is 14.8 Å². The van der Waals surface area contributed by atoms with Crippen LogP contribution in [0.3, 0.4) is 0 Å². The summed E-state index contributed by atoms with van der Waals surface area (Å²) in [5, 5.41) is 11.5. The summed E-state index contributed by atoms with van der Waals surface area (Å²) in [5.74, 6) is -1.11. The minimum Gasteiger partial charge on any atom is -0.480 e. The number of carbonyl (C=O) groups excluding carboxylic acids is 1. The Balaban J connectivity index is 2.62. The van der Waals surface area contributed by atoms with E-state index in [0.29, 0.717) is 16.9 Å². The minimum absolute atomic E-state index is 0.132. The molecular weight excluding hydrogens is 314 g/mol. The lowest BCUT2D eigenvalue weighted by atomic mass is 9.99. The molecule has 0 aliphatic carbocycles. The van der Waals surface area contributed by atoms with Gasteiger partial charge in [-0.15, -0.1) is 0 Å². The summed E-state index contributed by atoms with van der Waals surface area (Å²) in [5.41, 5.74) is 0. The SMILES string of the molecule is CCC(C)[C@H](NC(=O)/C=C/c1ccc(Br)o1)C(=O)O. The number of carbonyl (C=O) groups is 2. The highest BCUT2D eigenvalue weighted by Crippen LogP contribution is 2.15. The average Bonchev–Trinajstić information content (AvgIpc) is 2.78. The Bertz CT molecular complexity index is 481. The summed E-state index contributed by atoms with van der Waals surface area (Å²) in [6, 6.07) is 2.51. The molecule has 0 aliphatic rings. The molecule has 1 rings (SSSR count). The van der Waals surface area contributed by atoms with Crippen molar-refractivity contribution in [1.82, 2.24) is 5.32 Å². The van der Waals surface area contributed by atoms with Crippen LogP contribution in [0.2, 0.25) is 0 Å².